The molecule has 2 heterocycles. The Kier molecular flexibility index (Phi) is 7.34. The summed E-state index contributed by atoms with van der Waals surface area (Å²) in [6.45, 7) is 3.92. The summed E-state index contributed by atoms with van der Waals surface area (Å²) in [7, 11) is 1.70. The minimum absolute atomic E-state index is 0. The van der Waals surface area contributed by atoms with Crippen LogP contribution in [0, 0.1) is 0 Å². The molecule has 0 aliphatic carbocycles. The molecule has 24 heavy (non-hydrogen) atoms. The second-order valence-electron chi connectivity index (χ2n) is 6.36. The summed E-state index contributed by atoms with van der Waals surface area (Å²) in [5.74, 6) is 1.67. The molecule has 2 saturated heterocycles. The molecule has 5 nitrogen and oxygen atoms in total. The molecule has 134 valence electrons. The first-order valence-electron chi connectivity index (χ1n) is 8.49. The van der Waals surface area contributed by atoms with Crippen LogP contribution in [0.2, 0.25) is 0 Å². The average Bonchev–Trinajstić information content (AvgIpc) is 2.63. The highest BCUT2D eigenvalue weighted by molar-refractivity contribution is 5.85. The van der Waals surface area contributed by atoms with Crippen LogP contribution in [0.3, 0.4) is 0 Å². The Morgan fingerprint density at radius 1 is 1.38 bits per heavy atom. The molecular weight excluding hydrogens is 328 g/mol. The Morgan fingerprint density at radius 3 is 2.83 bits per heavy atom. The zero-order valence-corrected chi connectivity index (χ0v) is 15.0. The molecule has 6 heteroatoms. The maximum atomic E-state index is 12.4. The highest BCUT2D eigenvalue weighted by atomic mass is 35.5. The van der Waals surface area contributed by atoms with Gasteiger partial charge in [-0.25, -0.2) is 0 Å². The van der Waals surface area contributed by atoms with Gasteiger partial charge >= 0.3 is 0 Å². The van der Waals surface area contributed by atoms with Crippen molar-refractivity contribution in [1.29, 1.82) is 0 Å². The number of nitrogens with zero attached hydrogens (tertiary/aromatic N) is 1. The van der Waals surface area contributed by atoms with E-state index >= 15 is 0 Å². The number of morpholine rings is 1. The number of likely N-dealkylation sites (tertiary alicyclic amines) is 1. The second kappa shape index (κ2) is 9.25. The average molecular weight is 355 g/mol. The molecule has 1 unspecified atom stereocenters. The largest absolute Gasteiger partial charge is 0.497 e. The summed E-state index contributed by atoms with van der Waals surface area (Å²) in [5.41, 5.74) is 1.32. The molecule has 0 aromatic heterocycles. The number of nitrogens with one attached hydrogen (secondary N) is 1. The van der Waals surface area contributed by atoms with E-state index in [4.69, 9.17) is 9.47 Å². The first-order valence-corrected chi connectivity index (χ1v) is 8.49. The molecule has 2 fully saturated rings. The molecule has 1 N–H and O–H groups in total. The number of halogens is 1. The van der Waals surface area contributed by atoms with Gasteiger partial charge in [0.25, 0.3) is 0 Å². The number of rotatable bonds is 4. The quantitative estimate of drug-likeness (QED) is 0.900. The number of methoxy groups -OCH3 is 1. The molecule has 1 aromatic carbocycles. The Bertz CT molecular complexity index is 527. The molecule has 2 aliphatic heterocycles. The Hall–Kier alpha value is -1.30. The molecule has 0 bridgehead atoms. The fourth-order valence-electron chi connectivity index (χ4n) is 3.45. The fraction of sp³-hybridized carbons (Fsp3) is 0.611. The van der Waals surface area contributed by atoms with E-state index in [0.29, 0.717) is 18.9 Å². The van der Waals surface area contributed by atoms with Gasteiger partial charge in [-0.1, -0.05) is 12.1 Å². The van der Waals surface area contributed by atoms with Gasteiger partial charge in [-0.05, 0) is 36.5 Å². The van der Waals surface area contributed by atoms with Crippen molar-refractivity contribution in [1.82, 2.24) is 10.2 Å². The van der Waals surface area contributed by atoms with Gasteiger partial charge in [-0.3, -0.25) is 4.79 Å². The SMILES string of the molecule is COc1cccc(C2CCN(C(=O)CC3COCCN3)CC2)c1.Cl. The number of hydrogen-bond donors (Lipinski definition) is 1. The third kappa shape index (κ3) is 4.85. The number of hydrogen-bond acceptors (Lipinski definition) is 4. The van der Waals surface area contributed by atoms with Crippen molar-refractivity contribution in [3.8, 4) is 5.75 Å². The summed E-state index contributed by atoms with van der Waals surface area (Å²) in [4.78, 5) is 14.4. The van der Waals surface area contributed by atoms with Crippen molar-refractivity contribution in [2.45, 2.75) is 31.2 Å². The van der Waals surface area contributed by atoms with Gasteiger partial charge in [0.15, 0.2) is 0 Å². The van der Waals surface area contributed by atoms with E-state index in [1.165, 1.54) is 5.56 Å². The standard InChI is InChI=1S/C18H26N2O3.ClH/c1-22-17-4-2-3-15(11-17)14-5-8-20(9-6-14)18(21)12-16-13-23-10-7-19-16;/h2-4,11,14,16,19H,5-10,12-13H2,1H3;1H. The van der Waals surface area contributed by atoms with Crippen molar-refractivity contribution >= 4 is 18.3 Å². The molecule has 1 aromatic rings. The first kappa shape index (κ1) is 19.0. The van der Waals surface area contributed by atoms with E-state index < -0.39 is 0 Å². The van der Waals surface area contributed by atoms with Crippen molar-refractivity contribution < 1.29 is 14.3 Å². The van der Waals surface area contributed by atoms with Crippen LogP contribution in [0.25, 0.3) is 0 Å². The lowest BCUT2D eigenvalue weighted by Crippen LogP contribution is -2.46. The summed E-state index contributed by atoms with van der Waals surface area (Å²) >= 11 is 0. The van der Waals surface area contributed by atoms with E-state index in [9.17, 15) is 4.79 Å². The van der Waals surface area contributed by atoms with Crippen LogP contribution in [0.15, 0.2) is 24.3 Å². The van der Waals surface area contributed by atoms with Gasteiger partial charge in [0.2, 0.25) is 5.91 Å². The molecule has 0 saturated carbocycles. The number of benzene rings is 1. The predicted molar refractivity (Wildman–Crippen MR) is 96.0 cm³/mol. The van der Waals surface area contributed by atoms with E-state index in [2.05, 4.69) is 17.4 Å². The van der Waals surface area contributed by atoms with Crippen LogP contribution >= 0.6 is 12.4 Å². The Labute approximate surface area is 150 Å². The monoisotopic (exact) mass is 354 g/mol. The van der Waals surface area contributed by atoms with Crippen LogP contribution in [0.5, 0.6) is 5.75 Å². The molecule has 1 atom stereocenters. The number of amides is 1. The maximum Gasteiger partial charge on any atom is 0.224 e. The first-order chi connectivity index (χ1) is 11.3. The molecule has 0 radical (unpaired) electrons. The highest BCUT2D eigenvalue weighted by Gasteiger charge is 2.26. The van der Waals surface area contributed by atoms with Crippen LogP contribution in [-0.2, 0) is 9.53 Å². The van der Waals surface area contributed by atoms with Crippen LogP contribution in [-0.4, -0.2) is 56.8 Å². The van der Waals surface area contributed by atoms with Crippen LogP contribution in [0.1, 0.15) is 30.7 Å². The molecule has 2 aliphatic rings. The molecule has 0 spiro atoms. The normalized spacial score (nSPS) is 21.9. The third-order valence-electron chi connectivity index (χ3n) is 4.83. The van der Waals surface area contributed by atoms with Crippen LogP contribution < -0.4 is 10.1 Å². The van der Waals surface area contributed by atoms with E-state index in [0.717, 1.165) is 44.8 Å². The van der Waals surface area contributed by atoms with E-state index in [1.54, 1.807) is 7.11 Å². The highest BCUT2D eigenvalue weighted by Crippen LogP contribution is 2.30. The maximum absolute atomic E-state index is 12.4. The second-order valence-corrected chi connectivity index (χ2v) is 6.36. The number of carbonyl (C=O) groups is 1. The summed E-state index contributed by atoms with van der Waals surface area (Å²) in [5, 5.41) is 3.35. The van der Waals surface area contributed by atoms with Gasteiger partial charge in [0.1, 0.15) is 5.75 Å². The Morgan fingerprint density at radius 2 is 2.17 bits per heavy atom. The summed E-state index contributed by atoms with van der Waals surface area (Å²) < 4.78 is 10.7. The summed E-state index contributed by atoms with van der Waals surface area (Å²) in [6, 6.07) is 8.47. The van der Waals surface area contributed by atoms with E-state index in [1.807, 2.05) is 17.0 Å². The van der Waals surface area contributed by atoms with Gasteiger partial charge < -0.3 is 19.7 Å². The van der Waals surface area contributed by atoms with Crippen LogP contribution in [0.4, 0.5) is 0 Å². The van der Waals surface area contributed by atoms with Crippen molar-refractivity contribution in [3.05, 3.63) is 29.8 Å². The topological polar surface area (TPSA) is 50.8 Å². The third-order valence-corrected chi connectivity index (χ3v) is 4.83. The lowest BCUT2D eigenvalue weighted by molar-refractivity contribution is -0.133. The summed E-state index contributed by atoms with van der Waals surface area (Å²) in [6.07, 6.45) is 2.59. The van der Waals surface area contributed by atoms with Gasteiger partial charge in [-0.2, -0.15) is 0 Å². The molecule has 1 amide bonds. The number of ether oxygens (including phenoxy) is 2. The Balaban J connectivity index is 0.00000208. The number of piperidine rings is 1. The van der Waals surface area contributed by atoms with Gasteiger partial charge in [0, 0.05) is 32.1 Å². The minimum atomic E-state index is 0. The lowest BCUT2D eigenvalue weighted by atomic mass is 9.89. The zero-order valence-electron chi connectivity index (χ0n) is 14.2. The molecular formula is C18H27ClN2O3. The smallest absolute Gasteiger partial charge is 0.224 e. The fourth-order valence-corrected chi connectivity index (χ4v) is 3.45. The van der Waals surface area contributed by atoms with Crippen molar-refractivity contribution in [3.63, 3.8) is 0 Å². The van der Waals surface area contributed by atoms with E-state index in [-0.39, 0.29) is 24.4 Å². The van der Waals surface area contributed by atoms with Gasteiger partial charge in [-0.15, -0.1) is 12.4 Å². The lowest BCUT2D eigenvalue weighted by Gasteiger charge is -2.34. The zero-order chi connectivity index (χ0) is 16.1. The number of carbonyl (C=O) groups excluding carboxylic acids is 1. The molecule has 3 rings (SSSR count). The predicted octanol–water partition coefficient (Wildman–Crippen LogP) is 2.20. The van der Waals surface area contributed by atoms with Crippen molar-refractivity contribution in [2.24, 2.45) is 0 Å². The van der Waals surface area contributed by atoms with Crippen molar-refractivity contribution in [2.75, 3.05) is 40.0 Å². The minimum Gasteiger partial charge on any atom is -0.497 e. The van der Waals surface area contributed by atoms with Gasteiger partial charge in [0.05, 0.1) is 20.3 Å².